The minimum absolute atomic E-state index is 0.358. The Morgan fingerprint density at radius 2 is 1.69 bits per heavy atom. The smallest absolute Gasteiger partial charge is 0.0669 e. The second-order valence-electron chi connectivity index (χ2n) is 2.58. The van der Waals surface area contributed by atoms with Crippen LogP contribution in [0.3, 0.4) is 0 Å². The lowest BCUT2D eigenvalue weighted by atomic mass is 10.0. The summed E-state index contributed by atoms with van der Waals surface area (Å²) in [6.07, 6.45) is 0.723. The number of hydrogen-bond acceptors (Lipinski definition) is 2. The van der Waals surface area contributed by atoms with Crippen LogP contribution in [-0.4, -0.2) is 0 Å². The topological polar surface area (TPSA) is 47.6 Å². The Bertz CT molecular complexity index is 385. The van der Waals surface area contributed by atoms with Gasteiger partial charge in [-0.05, 0) is 23.3 Å². The zero-order valence-electron chi connectivity index (χ0n) is 6.92. The first-order chi connectivity index (χ1) is 6.27. The highest BCUT2D eigenvalue weighted by Gasteiger charge is 2.01. The van der Waals surface area contributed by atoms with Crippen LogP contribution < -0.4 is 0 Å². The molecule has 13 heavy (non-hydrogen) atoms. The minimum atomic E-state index is 0.358. The third-order valence-corrected chi connectivity index (χ3v) is 2.20. The summed E-state index contributed by atoms with van der Waals surface area (Å²) in [6.45, 7) is 0. The first kappa shape index (κ1) is 9.77. The van der Waals surface area contributed by atoms with Crippen molar-refractivity contribution in [2.45, 2.75) is 12.8 Å². The van der Waals surface area contributed by atoms with E-state index < -0.39 is 0 Å². The number of benzene rings is 1. The standard InChI is InChI=1S/C10H7BrN2/c11-10-2-1-8(3-5-12)9(7-10)4-6-13/h1-2,7H,3-4H2. The molecule has 0 spiro atoms. The van der Waals surface area contributed by atoms with Crippen LogP contribution >= 0.6 is 15.9 Å². The van der Waals surface area contributed by atoms with Gasteiger partial charge in [0.1, 0.15) is 0 Å². The SMILES string of the molecule is N#CCc1ccc(Br)cc1CC#N. The van der Waals surface area contributed by atoms with E-state index in [2.05, 4.69) is 28.1 Å². The second kappa shape index (κ2) is 4.64. The van der Waals surface area contributed by atoms with Gasteiger partial charge in [-0.25, -0.2) is 0 Å². The Labute approximate surface area is 85.5 Å². The van der Waals surface area contributed by atoms with Gasteiger partial charge in [-0.2, -0.15) is 10.5 Å². The van der Waals surface area contributed by atoms with Crippen LogP contribution in [0.5, 0.6) is 0 Å². The van der Waals surface area contributed by atoms with Crippen molar-refractivity contribution in [3.05, 3.63) is 33.8 Å². The fraction of sp³-hybridized carbons (Fsp3) is 0.200. The zero-order valence-corrected chi connectivity index (χ0v) is 8.50. The summed E-state index contributed by atoms with van der Waals surface area (Å²) in [5.74, 6) is 0. The average Bonchev–Trinajstić information content (AvgIpc) is 2.10. The van der Waals surface area contributed by atoms with Gasteiger partial charge in [0.2, 0.25) is 0 Å². The van der Waals surface area contributed by atoms with E-state index in [4.69, 9.17) is 10.5 Å². The van der Waals surface area contributed by atoms with Crippen molar-refractivity contribution >= 4 is 15.9 Å². The highest BCUT2D eigenvalue weighted by molar-refractivity contribution is 9.10. The largest absolute Gasteiger partial charge is 0.198 e. The molecule has 0 aromatic heterocycles. The van der Waals surface area contributed by atoms with E-state index in [0.717, 1.165) is 15.6 Å². The fourth-order valence-corrected chi connectivity index (χ4v) is 1.51. The predicted octanol–water partition coefficient (Wildman–Crippen LogP) is 2.58. The summed E-state index contributed by atoms with van der Waals surface area (Å²) >= 11 is 3.33. The van der Waals surface area contributed by atoms with Gasteiger partial charge in [-0.15, -0.1) is 0 Å². The van der Waals surface area contributed by atoms with Gasteiger partial charge in [0, 0.05) is 4.47 Å². The Balaban J connectivity index is 3.06. The lowest BCUT2D eigenvalue weighted by Crippen LogP contribution is -1.91. The molecule has 0 aliphatic heterocycles. The van der Waals surface area contributed by atoms with E-state index in [-0.39, 0.29) is 0 Å². The van der Waals surface area contributed by atoms with E-state index in [0.29, 0.717) is 12.8 Å². The molecule has 0 atom stereocenters. The van der Waals surface area contributed by atoms with Crippen molar-refractivity contribution in [1.29, 1.82) is 10.5 Å². The lowest BCUT2D eigenvalue weighted by molar-refractivity contribution is 1.15. The molecule has 0 radical (unpaired) electrons. The first-order valence-corrected chi connectivity index (χ1v) is 4.58. The molecule has 0 heterocycles. The van der Waals surface area contributed by atoms with Crippen LogP contribution in [0.4, 0.5) is 0 Å². The molecule has 0 fully saturated rings. The fourth-order valence-electron chi connectivity index (χ4n) is 1.10. The summed E-state index contributed by atoms with van der Waals surface area (Å²) in [5, 5.41) is 17.1. The number of nitrogens with zero attached hydrogens (tertiary/aromatic N) is 2. The molecule has 0 bridgehead atoms. The Morgan fingerprint density at radius 1 is 1.08 bits per heavy atom. The predicted molar refractivity (Wildman–Crippen MR) is 52.8 cm³/mol. The molecule has 0 saturated heterocycles. The van der Waals surface area contributed by atoms with Gasteiger partial charge in [0.05, 0.1) is 25.0 Å². The normalized spacial score (nSPS) is 8.85. The van der Waals surface area contributed by atoms with Crippen LogP contribution in [0, 0.1) is 22.7 Å². The Morgan fingerprint density at radius 3 is 2.31 bits per heavy atom. The molecule has 0 N–H and O–H groups in total. The number of nitriles is 2. The van der Waals surface area contributed by atoms with Crippen LogP contribution in [0.2, 0.25) is 0 Å². The quantitative estimate of drug-likeness (QED) is 0.790. The van der Waals surface area contributed by atoms with Gasteiger partial charge in [-0.3, -0.25) is 0 Å². The monoisotopic (exact) mass is 234 g/mol. The zero-order chi connectivity index (χ0) is 9.68. The molecule has 3 heteroatoms. The number of hydrogen-bond donors (Lipinski definition) is 0. The maximum atomic E-state index is 8.56. The molecule has 0 amide bonds. The van der Waals surface area contributed by atoms with Crippen LogP contribution in [-0.2, 0) is 12.8 Å². The van der Waals surface area contributed by atoms with E-state index in [1.165, 1.54) is 0 Å². The third kappa shape index (κ3) is 2.57. The van der Waals surface area contributed by atoms with Gasteiger partial charge in [-0.1, -0.05) is 22.0 Å². The summed E-state index contributed by atoms with van der Waals surface area (Å²) in [5.41, 5.74) is 1.87. The average molecular weight is 235 g/mol. The van der Waals surface area contributed by atoms with E-state index in [1.54, 1.807) is 0 Å². The highest BCUT2D eigenvalue weighted by Crippen LogP contribution is 2.17. The molecular formula is C10H7BrN2. The molecular weight excluding hydrogens is 228 g/mol. The molecule has 0 unspecified atom stereocenters. The summed E-state index contributed by atoms with van der Waals surface area (Å²) in [4.78, 5) is 0. The van der Waals surface area contributed by atoms with E-state index in [9.17, 15) is 0 Å². The highest BCUT2D eigenvalue weighted by atomic mass is 79.9. The number of halogens is 1. The molecule has 0 saturated carbocycles. The van der Waals surface area contributed by atoms with Crippen molar-refractivity contribution in [2.24, 2.45) is 0 Å². The number of rotatable bonds is 2. The van der Waals surface area contributed by atoms with Crippen LogP contribution in [0.15, 0.2) is 22.7 Å². The van der Waals surface area contributed by atoms with Gasteiger partial charge < -0.3 is 0 Å². The Hall–Kier alpha value is -1.32. The van der Waals surface area contributed by atoms with Crippen LogP contribution in [0.25, 0.3) is 0 Å². The maximum Gasteiger partial charge on any atom is 0.0669 e. The molecule has 1 aromatic rings. The molecule has 0 aliphatic carbocycles. The second-order valence-corrected chi connectivity index (χ2v) is 3.50. The van der Waals surface area contributed by atoms with Crippen molar-refractivity contribution in [3.63, 3.8) is 0 Å². The molecule has 64 valence electrons. The van der Waals surface area contributed by atoms with Gasteiger partial charge >= 0.3 is 0 Å². The molecule has 1 rings (SSSR count). The maximum absolute atomic E-state index is 8.56. The Kier molecular flexibility index (Phi) is 3.49. The third-order valence-electron chi connectivity index (χ3n) is 1.71. The molecule has 1 aromatic carbocycles. The summed E-state index contributed by atoms with van der Waals surface area (Å²) in [7, 11) is 0. The molecule has 0 aliphatic rings. The first-order valence-electron chi connectivity index (χ1n) is 3.79. The summed E-state index contributed by atoms with van der Waals surface area (Å²) < 4.78 is 0.944. The minimum Gasteiger partial charge on any atom is -0.198 e. The van der Waals surface area contributed by atoms with Crippen LogP contribution in [0.1, 0.15) is 11.1 Å². The lowest BCUT2D eigenvalue weighted by Gasteiger charge is -2.02. The van der Waals surface area contributed by atoms with Crippen molar-refractivity contribution < 1.29 is 0 Å². The van der Waals surface area contributed by atoms with Crippen molar-refractivity contribution in [3.8, 4) is 12.1 Å². The molecule has 2 nitrogen and oxygen atoms in total. The van der Waals surface area contributed by atoms with E-state index >= 15 is 0 Å². The van der Waals surface area contributed by atoms with E-state index in [1.807, 2.05) is 18.2 Å². The van der Waals surface area contributed by atoms with Crippen molar-refractivity contribution in [1.82, 2.24) is 0 Å². The van der Waals surface area contributed by atoms with Gasteiger partial charge in [0.25, 0.3) is 0 Å². The summed E-state index contributed by atoms with van der Waals surface area (Å²) in [6, 6.07) is 9.80. The van der Waals surface area contributed by atoms with Gasteiger partial charge in [0.15, 0.2) is 0 Å². The van der Waals surface area contributed by atoms with Crippen molar-refractivity contribution in [2.75, 3.05) is 0 Å².